The molecule has 1 saturated heterocycles. The number of hydrogen-bond acceptors (Lipinski definition) is 5. The minimum Gasteiger partial charge on any atom is -0.481 e. The summed E-state index contributed by atoms with van der Waals surface area (Å²) in [4.78, 5) is 29.6. The summed E-state index contributed by atoms with van der Waals surface area (Å²) in [5.41, 5.74) is 0.545. The molecule has 0 amide bonds. The van der Waals surface area contributed by atoms with Gasteiger partial charge in [-0.3, -0.25) is 9.78 Å². The lowest BCUT2D eigenvalue weighted by Crippen LogP contribution is -2.31. The number of carboxylic acid groups (broad SMARTS) is 1. The van der Waals surface area contributed by atoms with E-state index >= 15 is 0 Å². The Kier molecular flexibility index (Phi) is 4.99. The van der Waals surface area contributed by atoms with Crippen LogP contribution >= 0.6 is 23.2 Å². The number of esters is 1. The van der Waals surface area contributed by atoms with Gasteiger partial charge in [-0.05, 0) is 32.4 Å². The zero-order valence-corrected chi connectivity index (χ0v) is 15.9. The summed E-state index contributed by atoms with van der Waals surface area (Å²) >= 11 is 12.9. The van der Waals surface area contributed by atoms with Gasteiger partial charge in [0, 0.05) is 24.7 Å². The van der Waals surface area contributed by atoms with E-state index in [0.29, 0.717) is 41.1 Å². The predicted molar refractivity (Wildman–Crippen MR) is 100 cm³/mol. The van der Waals surface area contributed by atoms with Crippen molar-refractivity contribution in [3.63, 3.8) is 0 Å². The van der Waals surface area contributed by atoms with Crippen LogP contribution in [0.4, 0.5) is 5.69 Å². The Morgan fingerprint density at radius 3 is 2.69 bits per heavy atom. The summed E-state index contributed by atoms with van der Waals surface area (Å²) in [6.45, 7) is 4.63. The van der Waals surface area contributed by atoms with E-state index in [-0.39, 0.29) is 17.2 Å². The molecule has 1 atom stereocenters. The second-order valence-electron chi connectivity index (χ2n) is 6.54. The predicted octanol–water partition coefficient (Wildman–Crippen LogP) is 4.02. The highest BCUT2D eigenvalue weighted by Crippen LogP contribution is 2.40. The standard InChI is InChI=1S/C18H18Cl2N2O4/c1-3-26-16(23)11-8-21-15-10(13(11)19)4-5-12(14(15)20)22-7-6-18(2,9-22)17(24)25/h4-5,8H,3,6-7,9H2,1-2H3,(H,24,25). The van der Waals surface area contributed by atoms with Crippen LogP contribution in [0.5, 0.6) is 0 Å². The highest BCUT2D eigenvalue weighted by atomic mass is 35.5. The number of pyridine rings is 1. The molecule has 1 aromatic heterocycles. The lowest BCUT2D eigenvalue weighted by Gasteiger charge is -2.23. The van der Waals surface area contributed by atoms with Gasteiger partial charge in [-0.1, -0.05) is 23.2 Å². The van der Waals surface area contributed by atoms with Crippen LogP contribution in [0.15, 0.2) is 18.3 Å². The van der Waals surface area contributed by atoms with Crippen molar-refractivity contribution in [3.8, 4) is 0 Å². The van der Waals surface area contributed by atoms with Gasteiger partial charge in [0.15, 0.2) is 0 Å². The lowest BCUT2D eigenvalue weighted by atomic mass is 9.90. The van der Waals surface area contributed by atoms with Crippen LogP contribution in [-0.4, -0.2) is 41.7 Å². The molecule has 26 heavy (non-hydrogen) atoms. The van der Waals surface area contributed by atoms with Gasteiger partial charge < -0.3 is 14.7 Å². The van der Waals surface area contributed by atoms with E-state index in [9.17, 15) is 14.7 Å². The molecule has 0 aliphatic carbocycles. The summed E-state index contributed by atoms with van der Waals surface area (Å²) in [7, 11) is 0. The number of aromatic nitrogens is 1. The minimum absolute atomic E-state index is 0.185. The number of carbonyl (C=O) groups excluding carboxylic acids is 1. The Balaban J connectivity index is 2.01. The van der Waals surface area contributed by atoms with E-state index in [1.54, 1.807) is 26.0 Å². The number of carboxylic acids is 1. The summed E-state index contributed by atoms with van der Waals surface area (Å²) in [5, 5.41) is 10.6. The van der Waals surface area contributed by atoms with Crippen molar-refractivity contribution in [3.05, 3.63) is 33.9 Å². The van der Waals surface area contributed by atoms with Crippen molar-refractivity contribution in [1.29, 1.82) is 0 Å². The molecule has 2 aromatic rings. The Morgan fingerprint density at radius 1 is 1.35 bits per heavy atom. The van der Waals surface area contributed by atoms with Crippen molar-refractivity contribution < 1.29 is 19.4 Å². The minimum atomic E-state index is -0.822. The zero-order valence-electron chi connectivity index (χ0n) is 14.4. The van der Waals surface area contributed by atoms with E-state index < -0.39 is 17.4 Å². The van der Waals surface area contributed by atoms with Crippen molar-refractivity contribution in [2.75, 3.05) is 24.6 Å². The van der Waals surface area contributed by atoms with Gasteiger partial charge >= 0.3 is 11.9 Å². The Morgan fingerprint density at radius 2 is 2.08 bits per heavy atom. The van der Waals surface area contributed by atoms with E-state index in [0.717, 1.165) is 0 Å². The molecule has 1 aliphatic rings. The monoisotopic (exact) mass is 396 g/mol. The van der Waals surface area contributed by atoms with Gasteiger partial charge in [0.1, 0.15) is 0 Å². The van der Waals surface area contributed by atoms with E-state index in [1.807, 2.05) is 4.90 Å². The molecule has 0 spiro atoms. The molecule has 8 heteroatoms. The van der Waals surface area contributed by atoms with Crippen LogP contribution in [0.2, 0.25) is 10.0 Å². The van der Waals surface area contributed by atoms with Crippen molar-refractivity contribution in [2.24, 2.45) is 5.41 Å². The third kappa shape index (κ3) is 3.08. The average molecular weight is 397 g/mol. The van der Waals surface area contributed by atoms with E-state index in [1.165, 1.54) is 6.20 Å². The van der Waals surface area contributed by atoms with Crippen molar-refractivity contribution >= 4 is 51.7 Å². The Labute approximate surface area is 160 Å². The molecule has 3 rings (SSSR count). The topological polar surface area (TPSA) is 79.7 Å². The molecule has 138 valence electrons. The van der Waals surface area contributed by atoms with Gasteiger partial charge in [-0.2, -0.15) is 0 Å². The second kappa shape index (κ2) is 6.93. The first-order chi connectivity index (χ1) is 12.3. The van der Waals surface area contributed by atoms with Gasteiger partial charge in [-0.15, -0.1) is 0 Å². The first-order valence-electron chi connectivity index (χ1n) is 8.20. The summed E-state index contributed by atoms with van der Waals surface area (Å²) in [6, 6.07) is 3.52. The maximum atomic E-state index is 12.0. The Hall–Kier alpha value is -2.05. The molecule has 0 saturated carbocycles. The third-order valence-corrected chi connectivity index (χ3v) is 5.50. The maximum absolute atomic E-state index is 12.0. The van der Waals surface area contributed by atoms with Crippen LogP contribution in [0.1, 0.15) is 30.6 Å². The van der Waals surface area contributed by atoms with Crippen LogP contribution in [0, 0.1) is 5.41 Å². The maximum Gasteiger partial charge on any atom is 0.341 e. The number of aliphatic carboxylic acids is 1. The molecule has 1 aliphatic heterocycles. The molecule has 6 nitrogen and oxygen atoms in total. The lowest BCUT2D eigenvalue weighted by molar-refractivity contribution is -0.146. The number of nitrogens with zero attached hydrogens (tertiary/aromatic N) is 2. The highest BCUT2D eigenvalue weighted by molar-refractivity contribution is 6.42. The zero-order chi connectivity index (χ0) is 19.1. The van der Waals surface area contributed by atoms with Gasteiger partial charge in [-0.25, -0.2) is 4.79 Å². The number of fused-ring (bicyclic) bond motifs is 1. The second-order valence-corrected chi connectivity index (χ2v) is 7.29. The molecule has 1 N–H and O–H groups in total. The SMILES string of the molecule is CCOC(=O)c1cnc2c(Cl)c(N3CCC(C)(C(=O)O)C3)ccc2c1Cl. The van der Waals surface area contributed by atoms with Crippen molar-refractivity contribution in [1.82, 2.24) is 4.98 Å². The largest absolute Gasteiger partial charge is 0.481 e. The molecule has 0 radical (unpaired) electrons. The average Bonchev–Trinajstić information content (AvgIpc) is 2.99. The number of carbonyl (C=O) groups is 2. The molecule has 0 bridgehead atoms. The van der Waals surface area contributed by atoms with Crippen LogP contribution in [0.25, 0.3) is 10.9 Å². The third-order valence-electron chi connectivity index (χ3n) is 4.72. The fraction of sp³-hybridized carbons (Fsp3) is 0.389. The normalized spacial score (nSPS) is 19.8. The van der Waals surface area contributed by atoms with Crippen LogP contribution < -0.4 is 4.90 Å². The first-order valence-corrected chi connectivity index (χ1v) is 8.96. The molecule has 2 heterocycles. The molecule has 1 aromatic carbocycles. The van der Waals surface area contributed by atoms with E-state index in [2.05, 4.69) is 4.98 Å². The quantitative estimate of drug-likeness (QED) is 0.786. The smallest absolute Gasteiger partial charge is 0.341 e. The summed E-state index contributed by atoms with van der Waals surface area (Å²) in [5.74, 6) is -1.36. The van der Waals surface area contributed by atoms with Crippen LogP contribution in [0.3, 0.4) is 0 Å². The molecule has 1 unspecified atom stereocenters. The number of halogens is 2. The molecular weight excluding hydrogens is 379 g/mol. The van der Waals surface area contributed by atoms with Gasteiger partial charge in [0.25, 0.3) is 0 Å². The van der Waals surface area contributed by atoms with Crippen molar-refractivity contribution in [2.45, 2.75) is 20.3 Å². The number of rotatable bonds is 4. The Bertz CT molecular complexity index is 902. The number of ether oxygens (including phenoxy) is 1. The van der Waals surface area contributed by atoms with Crippen LogP contribution in [-0.2, 0) is 9.53 Å². The summed E-state index contributed by atoms with van der Waals surface area (Å²) < 4.78 is 4.98. The van der Waals surface area contributed by atoms with Gasteiger partial charge in [0.2, 0.25) is 0 Å². The fourth-order valence-electron chi connectivity index (χ4n) is 3.12. The van der Waals surface area contributed by atoms with Gasteiger partial charge in [0.05, 0.1) is 38.8 Å². The highest BCUT2D eigenvalue weighted by Gasteiger charge is 2.41. The summed E-state index contributed by atoms with van der Waals surface area (Å²) in [6.07, 6.45) is 1.89. The fourth-order valence-corrected chi connectivity index (χ4v) is 3.74. The van der Waals surface area contributed by atoms with E-state index in [4.69, 9.17) is 27.9 Å². The number of anilines is 1. The number of benzene rings is 1. The number of hydrogen-bond donors (Lipinski definition) is 1. The first kappa shape index (κ1) is 18.7. The molecule has 1 fully saturated rings. The molecular formula is C18H18Cl2N2O4.